The molecule has 0 atom stereocenters. The molecule has 0 radical (unpaired) electrons. The lowest BCUT2D eigenvalue weighted by Crippen LogP contribution is -2.42. The molecule has 0 spiro atoms. The molecule has 2 amide bonds. The number of nitrogens with one attached hydrogen (secondary N) is 2. The Labute approximate surface area is 199 Å². The molecule has 0 aliphatic rings. The van der Waals surface area contributed by atoms with Crippen LogP contribution in [-0.4, -0.2) is 36.6 Å². The number of carbonyl (C=O) groups is 2. The Morgan fingerprint density at radius 2 is 1.38 bits per heavy atom. The van der Waals surface area contributed by atoms with Gasteiger partial charge in [-0.25, -0.2) is 0 Å². The van der Waals surface area contributed by atoms with Crippen molar-refractivity contribution in [1.82, 2.24) is 15.8 Å². The van der Waals surface area contributed by atoms with E-state index in [-0.39, 0.29) is 5.56 Å². The quantitative estimate of drug-likeness (QED) is 0.459. The van der Waals surface area contributed by atoms with Crippen molar-refractivity contribution in [2.75, 3.05) is 19.8 Å². The Balaban J connectivity index is 1.75. The summed E-state index contributed by atoms with van der Waals surface area (Å²) in [4.78, 5) is 30.0. The van der Waals surface area contributed by atoms with E-state index in [0.717, 1.165) is 11.3 Å². The zero-order valence-corrected chi connectivity index (χ0v) is 19.8. The Kier molecular flexibility index (Phi) is 8.45. The highest BCUT2D eigenvalue weighted by molar-refractivity contribution is 6.00. The fourth-order valence-electron chi connectivity index (χ4n) is 3.34. The van der Waals surface area contributed by atoms with Crippen molar-refractivity contribution in [1.29, 1.82) is 0 Å². The van der Waals surface area contributed by atoms with Gasteiger partial charge in [0.15, 0.2) is 11.5 Å². The summed E-state index contributed by atoms with van der Waals surface area (Å²) in [6, 6.07) is 16.3. The van der Waals surface area contributed by atoms with Crippen molar-refractivity contribution in [2.45, 2.75) is 27.7 Å². The number of hydrogen-bond acceptors (Lipinski definition) is 6. The predicted molar refractivity (Wildman–Crippen MR) is 129 cm³/mol. The SMILES string of the molecule is CCOc1cc(C(=O)NNC(=O)c2ccc(-c3ccccc3)nc2C)cc(OCC)c1OCC. The molecule has 8 nitrogen and oxygen atoms in total. The van der Waals surface area contributed by atoms with Crippen molar-refractivity contribution in [3.63, 3.8) is 0 Å². The number of rotatable bonds is 9. The van der Waals surface area contributed by atoms with Crippen molar-refractivity contribution in [2.24, 2.45) is 0 Å². The van der Waals surface area contributed by atoms with Crippen LogP contribution < -0.4 is 25.1 Å². The van der Waals surface area contributed by atoms with E-state index in [9.17, 15) is 9.59 Å². The fraction of sp³-hybridized carbons (Fsp3) is 0.269. The van der Waals surface area contributed by atoms with Gasteiger partial charge in [0.05, 0.1) is 36.8 Å². The number of benzene rings is 2. The van der Waals surface area contributed by atoms with Gasteiger partial charge in [0.25, 0.3) is 11.8 Å². The van der Waals surface area contributed by atoms with Crippen molar-refractivity contribution in [3.05, 3.63) is 71.4 Å². The van der Waals surface area contributed by atoms with Crippen molar-refractivity contribution < 1.29 is 23.8 Å². The van der Waals surface area contributed by atoms with Gasteiger partial charge in [-0.15, -0.1) is 0 Å². The fourth-order valence-corrected chi connectivity index (χ4v) is 3.34. The van der Waals surface area contributed by atoms with Gasteiger partial charge >= 0.3 is 0 Å². The number of pyridine rings is 1. The van der Waals surface area contributed by atoms with E-state index in [1.807, 2.05) is 51.1 Å². The van der Waals surface area contributed by atoms with Gasteiger partial charge < -0.3 is 14.2 Å². The van der Waals surface area contributed by atoms with E-state index >= 15 is 0 Å². The summed E-state index contributed by atoms with van der Waals surface area (Å²) in [5.74, 6) is 0.224. The summed E-state index contributed by atoms with van der Waals surface area (Å²) in [5, 5.41) is 0. The van der Waals surface area contributed by atoms with E-state index in [2.05, 4.69) is 15.8 Å². The summed E-state index contributed by atoms with van der Waals surface area (Å²) in [5.41, 5.74) is 7.77. The second kappa shape index (κ2) is 11.7. The maximum absolute atomic E-state index is 12.8. The number of nitrogens with zero attached hydrogens (tertiary/aromatic N) is 1. The highest BCUT2D eigenvalue weighted by Gasteiger charge is 2.19. The van der Waals surface area contributed by atoms with Crippen LogP contribution in [0.15, 0.2) is 54.6 Å². The van der Waals surface area contributed by atoms with Crippen LogP contribution in [0.3, 0.4) is 0 Å². The van der Waals surface area contributed by atoms with E-state index in [1.54, 1.807) is 31.2 Å². The first-order chi connectivity index (χ1) is 16.5. The molecule has 2 N–H and O–H groups in total. The van der Waals surface area contributed by atoms with Crippen LogP contribution in [0.2, 0.25) is 0 Å². The molecule has 0 aliphatic heterocycles. The van der Waals surface area contributed by atoms with E-state index in [0.29, 0.717) is 48.3 Å². The molecule has 3 rings (SSSR count). The van der Waals surface area contributed by atoms with Crippen LogP contribution in [0.1, 0.15) is 47.2 Å². The molecule has 3 aromatic rings. The van der Waals surface area contributed by atoms with Crippen LogP contribution in [0.5, 0.6) is 17.2 Å². The normalized spacial score (nSPS) is 10.4. The van der Waals surface area contributed by atoms with Crippen LogP contribution in [0.4, 0.5) is 0 Å². The number of hydrogen-bond donors (Lipinski definition) is 2. The lowest BCUT2D eigenvalue weighted by molar-refractivity contribution is 0.0845. The standard InChI is InChI=1S/C26H29N3O5/c1-5-32-22-15-19(16-23(33-6-2)24(22)34-7-3)25(30)28-29-26(31)20-13-14-21(27-17(20)4)18-11-9-8-10-12-18/h8-16H,5-7H2,1-4H3,(H,28,30)(H,29,31). The second-order valence-electron chi connectivity index (χ2n) is 7.20. The summed E-state index contributed by atoms with van der Waals surface area (Å²) in [6.07, 6.45) is 0. The lowest BCUT2D eigenvalue weighted by atomic mass is 10.1. The average molecular weight is 464 g/mol. The topological polar surface area (TPSA) is 98.8 Å². The van der Waals surface area contributed by atoms with Crippen molar-refractivity contribution in [3.8, 4) is 28.5 Å². The molecule has 178 valence electrons. The number of carbonyl (C=O) groups excluding carboxylic acids is 2. The minimum absolute atomic E-state index is 0.255. The van der Waals surface area contributed by atoms with Crippen LogP contribution in [0.25, 0.3) is 11.3 Å². The maximum atomic E-state index is 12.8. The molecule has 1 heterocycles. The van der Waals surface area contributed by atoms with Gasteiger partial charge in [0.2, 0.25) is 5.75 Å². The summed E-state index contributed by atoms with van der Waals surface area (Å²) in [6.45, 7) is 8.46. The van der Waals surface area contributed by atoms with Crippen LogP contribution in [0, 0.1) is 6.92 Å². The van der Waals surface area contributed by atoms with Gasteiger partial charge in [0, 0.05) is 11.1 Å². The Hall–Kier alpha value is -4.07. The number of aryl methyl sites for hydroxylation is 1. The first kappa shape index (κ1) is 24.6. The molecule has 1 aromatic heterocycles. The van der Waals surface area contributed by atoms with Gasteiger partial charge in [-0.1, -0.05) is 30.3 Å². The van der Waals surface area contributed by atoms with Gasteiger partial charge in [-0.05, 0) is 52.0 Å². The Bertz CT molecular complexity index is 1120. The molecule has 0 aliphatic carbocycles. The minimum Gasteiger partial charge on any atom is -0.490 e. The number of ether oxygens (including phenoxy) is 3. The molecule has 0 unspecified atom stereocenters. The molecule has 34 heavy (non-hydrogen) atoms. The molecule has 0 bridgehead atoms. The van der Waals surface area contributed by atoms with Crippen LogP contribution >= 0.6 is 0 Å². The van der Waals surface area contributed by atoms with Crippen LogP contribution in [-0.2, 0) is 0 Å². The molecule has 0 fully saturated rings. The van der Waals surface area contributed by atoms with Gasteiger partial charge in [0.1, 0.15) is 0 Å². The lowest BCUT2D eigenvalue weighted by Gasteiger charge is -2.17. The number of amides is 2. The molecule has 8 heteroatoms. The monoisotopic (exact) mass is 463 g/mol. The third kappa shape index (κ3) is 5.83. The van der Waals surface area contributed by atoms with E-state index < -0.39 is 11.8 Å². The summed E-state index contributed by atoms with van der Waals surface area (Å²) in [7, 11) is 0. The molecular weight excluding hydrogens is 434 g/mol. The molecular formula is C26H29N3O5. The predicted octanol–water partition coefficient (Wildman–Crippen LogP) is 4.33. The number of hydrazine groups is 1. The van der Waals surface area contributed by atoms with E-state index in [4.69, 9.17) is 14.2 Å². The zero-order chi connectivity index (χ0) is 24.5. The molecule has 2 aromatic carbocycles. The van der Waals surface area contributed by atoms with Crippen molar-refractivity contribution >= 4 is 11.8 Å². The van der Waals surface area contributed by atoms with Gasteiger partial charge in [-0.2, -0.15) is 0 Å². The highest BCUT2D eigenvalue weighted by atomic mass is 16.5. The van der Waals surface area contributed by atoms with Gasteiger partial charge in [-0.3, -0.25) is 25.4 Å². The van der Waals surface area contributed by atoms with E-state index in [1.165, 1.54) is 0 Å². The Morgan fingerprint density at radius 3 is 1.94 bits per heavy atom. The number of aromatic nitrogens is 1. The molecule has 0 saturated heterocycles. The third-order valence-electron chi connectivity index (χ3n) is 4.86. The highest BCUT2D eigenvalue weighted by Crippen LogP contribution is 2.39. The first-order valence-corrected chi connectivity index (χ1v) is 11.2. The summed E-state index contributed by atoms with van der Waals surface area (Å²) >= 11 is 0. The second-order valence-corrected chi connectivity index (χ2v) is 7.20. The largest absolute Gasteiger partial charge is 0.490 e. The summed E-state index contributed by atoms with van der Waals surface area (Å²) < 4.78 is 17.0. The Morgan fingerprint density at radius 1 is 0.794 bits per heavy atom. The minimum atomic E-state index is -0.523. The maximum Gasteiger partial charge on any atom is 0.271 e. The molecule has 0 saturated carbocycles. The third-order valence-corrected chi connectivity index (χ3v) is 4.86. The zero-order valence-electron chi connectivity index (χ0n) is 19.8. The smallest absolute Gasteiger partial charge is 0.271 e. The average Bonchev–Trinajstić information content (AvgIpc) is 2.85. The first-order valence-electron chi connectivity index (χ1n) is 11.2.